The molecule has 1 fully saturated rings. The second-order valence-electron chi connectivity index (χ2n) is 13.4. The van der Waals surface area contributed by atoms with Crippen LogP contribution in [-0.2, 0) is 34.0 Å². The van der Waals surface area contributed by atoms with E-state index in [0.717, 1.165) is 65.1 Å². The third-order valence-electron chi connectivity index (χ3n) is 8.61. The molecule has 48 heavy (non-hydrogen) atoms. The van der Waals surface area contributed by atoms with Gasteiger partial charge in [-0.3, -0.25) is 0 Å². The fourth-order valence-electron chi connectivity index (χ4n) is 5.90. The monoisotopic (exact) mass is 667 g/mol. The Labute approximate surface area is 283 Å². The number of carbonyl (C=O) groups excluding carboxylic acids is 1. The number of fused-ring (bicyclic) bond motifs is 1. The summed E-state index contributed by atoms with van der Waals surface area (Å²) in [4.78, 5) is 17.2. The van der Waals surface area contributed by atoms with Gasteiger partial charge in [-0.1, -0.05) is 69.0 Å². The molecule has 1 unspecified atom stereocenters. The summed E-state index contributed by atoms with van der Waals surface area (Å²) in [6, 6.07) is 23.9. The fourth-order valence-corrected chi connectivity index (χ4v) is 6.65. The molecule has 0 spiro atoms. The number of hydrogen-bond donors (Lipinski definition) is 0. The van der Waals surface area contributed by atoms with Crippen molar-refractivity contribution >= 4 is 24.9 Å². The maximum atomic E-state index is 12.5. The standard InChI is InChI=1S/C37H45N5O5Si/c1-6-27-22-29(47-24-26-12-8-7-9-13-26)16-18-30(27)28-15-17-31-32(23-28)42(33-14-10-11-19-46-33)39-34(31)36-38-35(37(43)44-2)40-41(36)25-45-20-21-48(3,4)5/h7-9,12-13,15-18,22-23,33H,6,10-11,14,19-21,24-25H2,1-5H3. The Morgan fingerprint density at radius 2 is 1.85 bits per heavy atom. The first-order chi connectivity index (χ1) is 23.2. The molecule has 252 valence electrons. The lowest BCUT2D eigenvalue weighted by Gasteiger charge is -2.23. The van der Waals surface area contributed by atoms with Crippen molar-refractivity contribution in [3.05, 3.63) is 83.7 Å². The predicted molar refractivity (Wildman–Crippen MR) is 189 cm³/mol. The first-order valence-corrected chi connectivity index (χ1v) is 20.5. The Kier molecular flexibility index (Phi) is 10.4. The molecule has 1 aliphatic heterocycles. The van der Waals surface area contributed by atoms with Crippen LogP contribution in [0.3, 0.4) is 0 Å². The average molecular weight is 668 g/mol. The fraction of sp³-hybridized carbons (Fsp3) is 0.405. The molecule has 0 radical (unpaired) electrons. The molecule has 1 aliphatic rings. The molecular formula is C37H45N5O5Si. The lowest BCUT2D eigenvalue weighted by atomic mass is 9.96. The van der Waals surface area contributed by atoms with Crippen molar-refractivity contribution in [2.24, 2.45) is 0 Å². The molecule has 0 bridgehead atoms. The third kappa shape index (κ3) is 7.69. The Balaban J connectivity index is 1.38. The van der Waals surface area contributed by atoms with Crippen LogP contribution in [0.15, 0.2) is 66.7 Å². The van der Waals surface area contributed by atoms with Gasteiger partial charge in [-0.15, -0.1) is 5.10 Å². The van der Waals surface area contributed by atoms with E-state index in [1.54, 1.807) is 4.68 Å². The molecule has 0 saturated carbocycles. The van der Waals surface area contributed by atoms with Crippen molar-refractivity contribution in [3.8, 4) is 28.4 Å². The van der Waals surface area contributed by atoms with Gasteiger partial charge in [0.25, 0.3) is 5.82 Å². The van der Waals surface area contributed by atoms with Crippen LogP contribution in [0.25, 0.3) is 33.5 Å². The Hall–Kier alpha value is -4.32. The van der Waals surface area contributed by atoms with Crippen LogP contribution in [0, 0.1) is 0 Å². The highest BCUT2D eigenvalue weighted by Crippen LogP contribution is 2.36. The largest absolute Gasteiger partial charge is 0.489 e. The number of rotatable bonds is 13. The van der Waals surface area contributed by atoms with Crippen molar-refractivity contribution < 1.29 is 23.7 Å². The molecule has 0 amide bonds. The van der Waals surface area contributed by atoms with Crippen LogP contribution in [0.4, 0.5) is 0 Å². The average Bonchev–Trinajstić information content (AvgIpc) is 3.70. The zero-order valence-electron chi connectivity index (χ0n) is 28.6. The van der Waals surface area contributed by atoms with E-state index >= 15 is 0 Å². The molecular weight excluding hydrogens is 623 g/mol. The second-order valence-corrected chi connectivity index (χ2v) is 19.0. The minimum Gasteiger partial charge on any atom is -0.489 e. The van der Waals surface area contributed by atoms with E-state index in [1.165, 1.54) is 12.7 Å². The lowest BCUT2D eigenvalue weighted by molar-refractivity contribution is -0.0365. The zero-order valence-corrected chi connectivity index (χ0v) is 29.6. The van der Waals surface area contributed by atoms with Gasteiger partial charge < -0.3 is 18.9 Å². The summed E-state index contributed by atoms with van der Waals surface area (Å²) in [6.07, 6.45) is 3.57. The third-order valence-corrected chi connectivity index (χ3v) is 10.3. The van der Waals surface area contributed by atoms with Crippen LogP contribution in [0.2, 0.25) is 25.7 Å². The maximum absolute atomic E-state index is 12.5. The number of aryl methyl sites for hydroxylation is 1. The summed E-state index contributed by atoms with van der Waals surface area (Å²) in [6.45, 7) is 11.0. The van der Waals surface area contributed by atoms with Gasteiger partial charge in [0.05, 0.1) is 12.6 Å². The molecule has 6 rings (SSSR count). The normalized spacial score (nSPS) is 15.1. The number of benzene rings is 3. The van der Waals surface area contributed by atoms with E-state index in [0.29, 0.717) is 31.3 Å². The number of ether oxygens (including phenoxy) is 4. The summed E-state index contributed by atoms with van der Waals surface area (Å²) in [5, 5.41) is 10.5. The van der Waals surface area contributed by atoms with Crippen LogP contribution < -0.4 is 4.74 Å². The van der Waals surface area contributed by atoms with Crippen molar-refractivity contribution in [2.75, 3.05) is 20.3 Å². The summed E-state index contributed by atoms with van der Waals surface area (Å²) < 4.78 is 27.0. The van der Waals surface area contributed by atoms with Crippen molar-refractivity contribution in [3.63, 3.8) is 0 Å². The topological polar surface area (TPSA) is 103 Å². The van der Waals surface area contributed by atoms with E-state index in [4.69, 9.17) is 24.0 Å². The Morgan fingerprint density at radius 3 is 2.58 bits per heavy atom. The molecule has 1 atom stereocenters. The number of hydrogen-bond acceptors (Lipinski definition) is 8. The van der Waals surface area contributed by atoms with Crippen LogP contribution in [0.5, 0.6) is 5.75 Å². The minimum atomic E-state index is -1.29. The van der Waals surface area contributed by atoms with Gasteiger partial charge in [0, 0.05) is 26.7 Å². The molecule has 2 aromatic heterocycles. The molecule has 1 saturated heterocycles. The van der Waals surface area contributed by atoms with Crippen molar-refractivity contribution in [1.82, 2.24) is 24.5 Å². The van der Waals surface area contributed by atoms with Gasteiger partial charge in [0.15, 0.2) is 12.1 Å². The molecule has 5 aromatic rings. The summed E-state index contributed by atoms with van der Waals surface area (Å²) >= 11 is 0. The number of carbonyl (C=O) groups is 1. The minimum absolute atomic E-state index is 0.0308. The Morgan fingerprint density at radius 1 is 1.02 bits per heavy atom. The van der Waals surface area contributed by atoms with Gasteiger partial charge in [0.1, 0.15) is 24.8 Å². The highest BCUT2D eigenvalue weighted by molar-refractivity contribution is 6.76. The van der Waals surface area contributed by atoms with Gasteiger partial charge in [0.2, 0.25) is 0 Å². The van der Waals surface area contributed by atoms with E-state index in [-0.39, 0.29) is 18.8 Å². The molecule has 3 heterocycles. The van der Waals surface area contributed by atoms with Crippen molar-refractivity contribution in [1.29, 1.82) is 0 Å². The van der Waals surface area contributed by atoms with E-state index in [9.17, 15) is 4.79 Å². The van der Waals surface area contributed by atoms with Gasteiger partial charge in [-0.2, -0.15) is 10.1 Å². The first kappa shape index (κ1) is 33.6. The SMILES string of the molecule is CCc1cc(OCc2ccccc2)ccc1-c1ccc2c(-c3nc(C(=O)OC)nn3COCC[Si](C)(C)C)nn(C3CCCCO3)c2c1. The highest BCUT2D eigenvalue weighted by Gasteiger charge is 2.27. The number of esters is 1. The number of methoxy groups -OCH3 is 1. The number of aromatic nitrogens is 5. The van der Waals surface area contributed by atoms with E-state index in [2.05, 4.69) is 79.1 Å². The predicted octanol–water partition coefficient (Wildman–Crippen LogP) is 7.90. The smallest absolute Gasteiger partial charge is 0.377 e. The maximum Gasteiger partial charge on any atom is 0.377 e. The highest BCUT2D eigenvalue weighted by atomic mass is 28.3. The second kappa shape index (κ2) is 14.8. The molecule has 10 nitrogen and oxygen atoms in total. The van der Waals surface area contributed by atoms with Crippen LogP contribution in [-0.4, -0.2) is 58.9 Å². The lowest BCUT2D eigenvalue weighted by Crippen LogP contribution is -2.22. The summed E-state index contributed by atoms with van der Waals surface area (Å²) in [7, 11) is 0.0384. The number of nitrogens with zero attached hydrogens (tertiary/aromatic N) is 5. The van der Waals surface area contributed by atoms with E-state index < -0.39 is 14.0 Å². The molecule has 0 N–H and O–H groups in total. The summed E-state index contributed by atoms with van der Waals surface area (Å²) in [5.74, 6) is 0.653. The van der Waals surface area contributed by atoms with Gasteiger partial charge in [-0.25, -0.2) is 14.2 Å². The van der Waals surface area contributed by atoms with Crippen molar-refractivity contribution in [2.45, 2.75) is 77.9 Å². The zero-order chi connectivity index (χ0) is 33.7. The summed E-state index contributed by atoms with van der Waals surface area (Å²) in [5.41, 5.74) is 6.07. The van der Waals surface area contributed by atoms with Gasteiger partial charge >= 0.3 is 5.97 Å². The quantitative estimate of drug-likeness (QED) is 0.0710. The first-order valence-electron chi connectivity index (χ1n) is 16.8. The Bertz CT molecular complexity index is 1860. The molecule has 0 aliphatic carbocycles. The molecule has 3 aromatic carbocycles. The van der Waals surface area contributed by atoms with E-state index in [1.807, 2.05) is 28.9 Å². The van der Waals surface area contributed by atoms with Crippen LogP contribution in [0.1, 0.15) is 54.2 Å². The van der Waals surface area contributed by atoms with Crippen LogP contribution >= 0.6 is 0 Å². The van der Waals surface area contributed by atoms with Gasteiger partial charge in [-0.05, 0) is 78.2 Å². The molecule has 11 heteroatoms.